The van der Waals surface area contributed by atoms with Gasteiger partial charge in [-0.3, -0.25) is 9.59 Å². The fraction of sp³-hybridized carbons (Fsp3) is 0.500. The highest BCUT2D eigenvalue weighted by Gasteiger charge is 2.31. The minimum absolute atomic E-state index is 0.0907. The molecule has 5 nitrogen and oxygen atoms in total. The quantitative estimate of drug-likeness (QED) is 0.854. The van der Waals surface area contributed by atoms with Crippen LogP contribution in [0.4, 0.5) is 0 Å². The second-order valence-corrected chi connectivity index (χ2v) is 6.17. The molecule has 0 bridgehead atoms. The van der Waals surface area contributed by atoms with Crippen LogP contribution >= 0.6 is 0 Å². The number of benzene rings is 1. The van der Waals surface area contributed by atoms with E-state index < -0.39 is 0 Å². The van der Waals surface area contributed by atoms with Crippen molar-refractivity contribution in [1.82, 2.24) is 9.80 Å². The van der Waals surface area contributed by atoms with E-state index in [2.05, 4.69) is 13.8 Å². The zero-order chi connectivity index (χ0) is 16.8. The zero-order valence-electron chi connectivity index (χ0n) is 13.7. The van der Waals surface area contributed by atoms with E-state index in [0.717, 1.165) is 5.56 Å². The normalized spacial score (nSPS) is 16.1. The van der Waals surface area contributed by atoms with Gasteiger partial charge in [0.2, 0.25) is 11.8 Å². The highest BCUT2D eigenvalue weighted by Crippen LogP contribution is 2.27. The lowest BCUT2D eigenvalue weighted by atomic mass is 9.87. The summed E-state index contributed by atoms with van der Waals surface area (Å²) < 4.78 is 0. The van der Waals surface area contributed by atoms with Crippen molar-refractivity contribution in [3.05, 3.63) is 35.9 Å². The average Bonchev–Trinajstić information content (AvgIpc) is 2.56. The Morgan fingerprint density at radius 3 is 2.17 bits per heavy atom. The smallest absolute Gasteiger partial charge is 0.236 e. The fourth-order valence-corrected chi connectivity index (χ4v) is 3.03. The first kappa shape index (κ1) is 17.0. The van der Waals surface area contributed by atoms with Crippen molar-refractivity contribution in [2.24, 2.45) is 5.92 Å². The number of piperazine rings is 1. The van der Waals surface area contributed by atoms with Gasteiger partial charge in [0.05, 0.1) is 12.0 Å². The first-order chi connectivity index (χ1) is 11.0. The average molecular weight is 313 g/mol. The van der Waals surface area contributed by atoms with Gasteiger partial charge in [0, 0.05) is 26.2 Å². The lowest BCUT2D eigenvalue weighted by molar-refractivity contribution is -0.140. The maximum absolute atomic E-state index is 12.9. The predicted octanol–water partition coefficient (Wildman–Crippen LogP) is 2.01. The number of amides is 2. The zero-order valence-corrected chi connectivity index (χ0v) is 13.7. The molecule has 0 spiro atoms. The second kappa shape index (κ2) is 7.77. The van der Waals surface area contributed by atoms with E-state index in [1.165, 1.54) is 0 Å². The molecule has 0 saturated carbocycles. The van der Waals surface area contributed by atoms with Crippen molar-refractivity contribution in [3.8, 4) is 6.07 Å². The number of carbonyl (C=O) groups excluding carboxylic acids is 2. The molecule has 1 heterocycles. The Morgan fingerprint density at radius 1 is 1.09 bits per heavy atom. The third-order valence-corrected chi connectivity index (χ3v) is 4.27. The maximum atomic E-state index is 12.9. The molecule has 1 aromatic carbocycles. The van der Waals surface area contributed by atoms with Crippen LogP contribution < -0.4 is 0 Å². The number of rotatable bonds is 4. The van der Waals surface area contributed by atoms with Gasteiger partial charge in [0.25, 0.3) is 0 Å². The monoisotopic (exact) mass is 313 g/mol. The van der Waals surface area contributed by atoms with E-state index in [1.807, 2.05) is 41.3 Å². The van der Waals surface area contributed by atoms with Gasteiger partial charge in [0.15, 0.2) is 0 Å². The van der Waals surface area contributed by atoms with E-state index in [4.69, 9.17) is 5.26 Å². The number of hydrogen-bond acceptors (Lipinski definition) is 3. The molecule has 0 N–H and O–H groups in total. The number of hydrogen-bond donors (Lipinski definition) is 0. The summed E-state index contributed by atoms with van der Waals surface area (Å²) in [7, 11) is 0. The highest BCUT2D eigenvalue weighted by atomic mass is 16.2. The molecule has 1 aliphatic heterocycles. The molecule has 1 saturated heterocycles. The van der Waals surface area contributed by atoms with Crippen molar-refractivity contribution < 1.29 is 9.59 Å². The molecule has 1 aliphatic rings. The molecule has 0 aliphatic carbocycles. The predicted molar refractivity (Wildman–Crippen MR) is 87.4 cm³/mol. The molecular formula is C18H23N3O2. The summed E-state index contributed by atoms with van der Waals surface area (Å²) in [5, 5.41) is 8.61. The van der Waals surface area contributed by atoms with Crippen LogP contribution in [0.1, 0.15) is 31.7 Å². The number of carbonyl (C=O) groups is 2. The summed E-state index contributed by atoms with van der Waals surface area (Å²) >= 11 is 0. The summed E-state index contributed by atoms with van der Waals surface area (Å²) in [6.45, 7) is 6.19. The summed E-state index contributed by atoms with van der Waals surface area (Å²) in [4.78, 5) is 28.2. The Hall–Kier alpha value is -2.35. The molecule has 0 radical (unpaired) electrons. The van der Waals surface area contributed by atoms with Crippen LogP contribution in [0.15, 0.2) is 30.3 Å². The van der Waals surface area contributed by atoms with Gasteiger partial charge >= 0.3 is 0 Å². The molecule has 5 heteroatoms. The highest BCUT2D eigenvalue weighted by molar-refractivity contribution is 5.84. The molecule has 1 fully saturated rings. The third kappa shape index (κ3) is 4.10. The fourth-order valence-electron chi connectivity index (χ4n) is 3.03. The first-order valence-electron chi connectivity index (χ1n) is 8.03. The third-order valence-electron chi connectivity index (χ3n) is 4.27. The van der Waals surface area contributed by atoms with Crippen LogP contribution in [0.2, 0.25) is 0 Å². The minimum atomic E-state index is -0.155. The van der Waals surface area contributed by atoms with E-state index in [-0.39, 0.29) is 30.1 Å². The molecule has 23 heavy (non-hydrogen) atoms. The Bertz CT molecular complexity index is 584. The lowest BCUT2D eigenvalue weighted by Crippen LogP contribution is -2.52. The largest absolute Gasteiger partial charge is 0.339 e. The Labute approximate surface area is 137 Å². The van der Waals surface area contributed by atoms with Crippen LogP contribution in [0.5, 0.6) is 0 Å². The first-order valence-corrected chi connectivity index (χ1v) is 8.03. The maximum Gasteiger partial charge on any atom is 0.236 e. The van der Waals surface area contributed by atoms with Gasteiger partial charge in [-0.15, -0.1) is 0 Å². The summed E-state index contributed by atoms with van der Waals surface area (Å²) in [6.07, 6.45) is -0.0907. The standard InChI is InChI=1S/C18H23N3O2/c1-14(2)17(15-6-4-3-5-7-15)18(23)21-12-10-20(11-13-21)16(22)8-9-19/h3-7,14,17H,8,10-13H2,1-2H3. The van der Waals surface area contributed by atoms with Crippen molar-refractivity contribution in [3.63, 3.8) is 0 Å². The second-order valence-electron chi connectivity index (χ2n) is 6.17. The molecule has 122 valence electrons. The van der Waals surface area contributed by atoms with E-state index in [1.54, 1.807) is 4.90 Å². The van der Waals surface area contributed by atoms with Crippen molar-refractivity contribution in [2.75, 3.05) is 26.2 Å². The Balaban J connectivity index is 2.03. The Kier molecular flexibility index (Phi) is 5.75. The minimum Gasteiger partial charge on any atom is -0.339 e. The van der Waals surface area contributed by atoms with Crippen LogP contribution in [0.25, 0.3) is 0 Å². The topological polar surface area (TPSA) is 64.4 Å². The SMILES string of the molecule is CC(C)C(C(=O)N1CCN(C(=O)CC#N)CC1)c1ccccc1. The van der Waals surface area contributed by atoms with Gasteiger partial charge in [-0.1, -0.05) is 44.2 Å². The van der Waals surface area contributed by atoms with E-state index in [0.29, 0.717) is 26.2 Å². The lowest BCUT2D eigenvalue weighted by Gasteiger charge is -2.37. The molecule has 0 aromatic heterocycles. The van der Waals surface area contributed by atoms with Crippen LogP contribution in [0, 0.1) is 17.2 Å². The van der Waals surface area contributed by atoms with Gasteiger partial charge < -0.3 is 9.80 Å². The van der Waals surface area contributed by atoms with Crippen LogP contribution in [-0.4, -0.2) is 47.8 Å². The van der Waals surface area contributed by atoms with E-state index >= 15 is 0 Å². The molecular weight excluding hydrogens is 290 g/mol. The molecule has 1 atom stereocenters. The van der Waals surface area contributed by atoms with Crippen LogP contribution in [0.3, 0.4) is 0 Å². The number of nitriles is 1. The molecule has 2 rings (SSSR count). The van der Waals surface area contributed by atoms with E-state index in [9.17, 15) is 9.59 Å². The summed E-state index contributed by atoms with van der Waals surface area (Å²) in [6, 6.07) is 11.7. The summed E-state index contributed by atoms with van der Waals surface area (Å²) in [5.74, 6) is 0.0300. The van der Waals surface area contributed by atoms with Gasteiger partial charge in [0.1, 0.15) is 6.42 Å². The van der Waals surface area contributed by atoms with Crippen molar-refractivity contribution >= 4 is 11.8 Å². The van der Waals surface area contributed by atoms with Crippen molar-refractivity contribution in [1.29, 1.82) is 5.26 Å². The molecule has 1 unspecified atom stereocenters. The van der Waals surface area contributed by atoms with Gasteiger partial charge in [-0.25, -0.2) is 0 Å². The molecule has 1 aromatic rings. The summed E-state index contributed by atoms with van der Waals surface area (Å²) in [5.41, 5.74) is 1.04. The Morgan fingerprint density at radius 2 is 1.65 bits per heavy atom. The van der Waals surface area contributed by atoms with Crippen LogP contribution in [-0.2, 0) is 9.59 Å². The van der Waals surface area contributed by atoms with Crippen molar-refractivity contribution in [2.45, 2.75) is 26.2 Å². The van der Waals surface area contributed by atoms with Gasteiger partial charge in [-0.2, -0.15) is 5.26 Å². The van der Waals surface area contributed by atoms with Gasteiger partial charge in [-0.05, 0) is 11.5 Å². The molecule has 2 amide bonds. The number of nitrogens with zero attached hydrogens (tertiary/aromatic N) is 3.